The minimum absolute atomic E-state index is 0.206. The van der Waals surface area contributed by atoms with Crippen molar-refractivity contribution in [3.05, 3.63) is 60.7 Å². The van der Waals surface area contributed by atoms with E-state index in [2.05, 4.69) is 9.97 Å². The molecule has 7 heteroatoms. The number of anilines is 1. The van der Waals surface area contributed by atoms with Crippen LogP contribution in [0.4, 0.5) is 10.2 Å². The predicted octanol–water partition coefficient (Wildman–Crippen LogP) is 4.58. The van der Waals surface area contributed by atoms with Crippen LogP contribution < -0.4 is 5.73 Å². The SMILES string of the molecule is CCOC(=O)CCSc1c(-c2ccccc2)ccc(-c2cnc(N)cn2)c1F. The van der Waals surface area contributed by atoms with Crippen LogP contribution in [0.1, 0.15) is 13.3 Å². The molecule has 2 aromatic carbocycles. The fourth-order valence-corrected chi connectivity index (χ4v) is 3.74. The van der Waals surface area contributed by atoms with Gasteiger partial charge in [0, 0.05) is 11.3 Å². The molecule has 0 spiro atoms. The number of benzene rings is 2. The largest absolute Gasteiger partial charge is 0.466 e. The van der Waals surface area contributed by atoms with Crippen LogP contribution >= 0.6 is 11.8 Å². The first-order valence-corrected chi connectivity index (χ1v) is 9.83. The first kappa shape index (κ1) is 19.8. The summed E-state index contributed by atoms with van der Waals surface area (Å²) in [6, 6.07) is 13.1. The molecule has 0 radical (unpaired) electrons. The fourth-order valence-electron chi connectivity index (χ4n) is 2.69. The van der Waals surface area contributed by atoms with E-state index in [4.69, 9.17) is 10.5 Å². The molecule has 0 amide bonds. The lowest BCUT2D eigenvalue weighted by molar-refractivity contribution is -0.142. The second-order valence-corrected chi connectivity index (χ2v) is 7.00. The molecule has 28 heavy (non-hydrogen) atoms. The number of hydrogen-bond acceptors (Lipinski definition) is 6. The predicted molar refractivity (Wildman–Crippen MR) is 109 cm³/mol. The number of ether oxygens (including phenoxy) is 1. The number of aromatic nitrogens is 2. The third kappa shape index (κ3) is 4.67. The summed E-state index contributed by atoms with van der Waals surface area (Å²) in [6.07, 6.45) is 3.05. The number of nitrogen functional groups attached to an aromatic ring is 1. The zero-order chi connectivity index (χ0) is 19.9. The maximum atomic E-state index is 15.4. The average Bonchev–Trinajstić information content (AvgIpc) is 2.71. The summed E-state index contributed by atoms with van der Waals surface area (Å²) in [5.41, 5.74) is 7.98. The zero-order valence-corrected chi connectivity index (χ0v) is 16.2. The molecule has 0 aliphatic rings. The van der Waals surface area contributed by atoms with Gasteiger partial charge in [0.15, 0.2) is 0 Å². The van der Waals surface area contributed by atoms with Crippen LogP contribution in [0.2, 0.25) is 0 Å². The Balaban J connectivity index is 1.97. The van der Waals surface area contributed by atoms with Crippen molar-refractivity contribution in [2.24, 2.45) is 0 Å². The Hall–Kier alpha value is -2.93. The molecule has 0 saturated carbocycles. The number of hydrogen-bond donors (Lipinski definition) is 1. The highest BCUT2D eigenvalue weighted by Crippen LogP contribution is 2.38. The van der Waals surface area contributed by atoms with E-state index in [0.29, 0.717) is 28.5 Å². The van der Waals surface area contributed by atoms with Crippen molar-refractivity contribution in [3.63, 3.8) is 0 Å². The highest BCUT2D eigenvalue weighted by molar-refractivity contribution is 7.99. The number of nitrogens with two attached hydrogens (primary N) is 1. The third-order valence-electron chi connectivity index (χ3n) is 3.99. The van der Waals surface area contributed by atoms with Gasteiger partial charge in [0.2, 0.25) is 0 Å². The first-order valence-electron chi connectivity index (χ1n) is 8.84. The van der Waals surface area contributed by atoms with Gasteiger partial charge in [0.25, 0.3) is 0 Å². The van der Waals surface area contributed by atoms with Crippen LogP contribution in [-0.4, -0.2) is 28.3 Å². The van der Waals surface area contributed by atoms with Crippen molar-refractivity contribution < 1.29 is 13.9 Å². The average molecular weight is 397 g/mol. The van der Waals surface area contributed by atoms with Crippen molar-refractivity contribution in [1.29, 1.82) is 0 Å². The zero-order valence-electron chi connectivity index (χ0n) is 15.4. The lowest BCUT2D eigenvalue weighted by atomic mass is 10.0. The maximum Gasteiger partial charge on any atom is 0.306 e. The Morgan fingerprint density at radius 2 is 1.86 bits per heavy atom. The van der Waals surface area contributed by atoms with Gasteiger partial charge in [-0.1, -0.05) is 36.4 Å². The van der Waals surface area contributed by atoms with Crippen LogP contribution in [0.5, 0.6) is 0 Å². The first-order chi connectivity index (χ1) is 13.6. The van der Waals surface area contributed by atoms with E-state index in [9.17, 15) is 4.79 Å². The standard InChI is InChI=1S/C21H20FN3O2S/c1-2-27-19(26)10-11-28-21-15(14-6-4-3-5-7-14)8-9-16(20(21)22)17-12-25-18(23)13-24-17/h3-9,12-13H,2,10-11H2,1H3,(H2,23,25). The molecule has 0 atom stereocenters. The minimum atomic E-state index is -0.394. The van der Waals surface area contributed by atoms with E-state index < -0.39 is 5.82 Å². The van der Waals surface area contributed by atoms with Crippen molar-refractivity contribution in [2.75, 3.05) is 18.1 Å². The Morgan fingerprint density at radius 3 is 2.54 bits per heavy atom. The van der Waals surface area contributed by atoms with E-state index in [0.717, 1.165) is 11.1 Å². The van der Waals surface area contributed by atoms with Crippen LogP contribution in [-0.2, 0) is 9.53 Å². The Bertz CT molecular complexity index is 950. The molecular weight excluding hydrogens is 377 g/mol. The molecule has 0 aliphatic carbocycles. The second kappa shape index (κ2) is 9.32. The molecule has 5 nitrogen and oxygen atoms in total. The quantitative estimate of drug-likeness (QED) is 0.464. The van der Waals surface area contributed by atoms with Crippen LogP contribution in [0.3, 0.4) is 0 Å². The number of halogens is 1. The van der Waals surface area contributed by atoms with Crippen molar-refractivity contribution in [1.82, 2.24) is 9.97 Å². The Labute approximate surface area is 167 Å². The molecule has 2 N–H and O–H groups in total. The number of rotatable bonds is 7. The molecular formula is C21H20FN3O2S. The summed E-state index contributed by atoms with van der Waals surface area (Å²) in [7, 11) is 0. The van der Waals surface area contributed by atoms with E-state index in [1.54, 1.807) is 13.0 Å². The molecule has 3 aromatic rings. The molecule has 144 valence electrons. The highest BCUT2D eigenvalue weighted by atomic mass is 32.2. The summed E-state index contributed by atoms with van der Waals surface area (Å²) < 4.78 is 20.4. The Morgan fingerprint density at radius 1 is 1.11 bits per heavy atom. The summed E-state index contributed by atoms with van der Waals surface area (Å²) in [6.45, 7) is 2.09. The van der Waals surface area contributed by atoms with Gasteiger partial charge in [-0.15, -0.1) is 11.8 Å². The number of carbonyl (C=O) groups excluding carboxylic acids is 1. The van der Waals surface area contributed by atoms with Gasteiger partial charge in [-0.3, -0.25) is 9.78 Å². The highest BCUT2D eigenvalue weighted by Gasteiger charge is 2.18. The molecule has 0 saturated heterocycles. The summed E-state index contributed by atoms with van der Waals surface area (Å²) >= 11 is 1.29. The van der Waals surface area contributed by atoms with Gasteiger partial charge in [-0.2, -0.15) is 0 Å². The van der Waals surface area contributed by atoms with Crippen molar-refractivity contribution >= 4 is 23.5 Å². The van der Waals surface area contributed by atoms with Crippen LogP contribution in [0, 0.1) is 5.82 Å². The van der Waals surface area contributed by atoms with E-state index in [-0.39, 0.29) is 18.2 Å². The molecule has 0 aliphatic heterocycles. The lowest BCUT2D eigenvalue weighted by Gasteiger charge is -2.14. The topological polar surface area (TPSA) is 78.1 Å². The third-order valence-corrected chi connectivity index (χ3v) is 5.08. The van der Waals surface area contributed by atoms with Crippen LogP contribution in [0.25, 0.3) is 22.4 Å². The van der Waals surface area contributed by atoms with Crippen LogP contribution in [0.15, 0.2) is 59.8 Å². The van der Waals surface area contributed by atoms with Crippen molar-refractivity contribution in [3.8, 4) is 22.4 Å². The molecule has 1 aromatic heterocycles. The molecule has 0 unspecified atom stereocenters. The Kier molecular flexibility index (Phi) is 6.60. The summed E-state index contributed by atoms with van der Waals surface area (Å²) in [5, 5.41) is 0. The molecule has 0 bridgehead atoms. The van der Waals surface area contributed by atoms with Gasteiger partial charge in [-0.25, -0.2) is 9.37 Å². The minimum Gasteiger partial charge on any atom is -0.466 e. The van der Waals surface area contributed by atoms with E-state index in [1.807, 2.05) is 36.4 Å². The number of thioether (sulfide) groups is 1. The second-order valence-electron chi connectivity index (χ2n) is 5.90. The maximum absolute atomic E-state index is 15.4. The van der Waals surface area contributed by atoms with Gasteiger partial charge >= 0.3 is 5.97 Å². The number of nitrogens with zero attached hydrogens (tertiary/aromatic N) is 2. The van der Waals surface area contributed by atoms with Gasteiger partial charge in [0.1, 0.15) is 11.6 Å². The molecule has 0 fully saturated rings. The van der Waals surface area contributed by atoms with Crippen molar-refractivity contribution in [2.45, 2.75) is 18.2 Å². The molecule has 3 rings (SSSR count). The normalized spacial score (nSPS) is 10.6. The van der Waals surface area contributed by atoms with Gasteiger partial charge < -0.3 is 10.5 Å². The van der Waals surface area contributed by atoms with Gasteiger partial charge in [0.05, 0.1) is 36.0 Å². The smallest absolute Gasteiger partial charge is 0.306 e. The van der Waals surface area contributed by atoms with E-state index >= 15 is 4.39 Å². The van der Waals surface area contributed by atoms with E-state index in [1.165, 1.54) is 24.2 Å². The summed E-state index contributed by atoms with van der Waals surface area (Å²) in [5.74, 6) is -0.00692. The summed E-state index contributed by atoms with van der Waals surface area (Å²) in [4.78, 5) is 20.3. The fraction of sp³-hybridized carbons (Fsp3) is 0.190. The monoisotopic (exact) mass is 397 g/mol. The molecule has 1 heterocycles. The lowest BCUT2D eigenvalue weighted by Crippen LogP contribution is -2.05. The number of esters is 1. The number of carbonyl (C=O) groups is 1. The van der Waals surface area contributed by atoms with Gasteiger partial charge in [-0.05, 0) is 24.1 Å².